The van der Waals surface area contributed by atoms with Crippen LogP contribution in [0.25, 0.3) is 0 Å². The molecule has 1 heterocycles. The molecule has 0 radical (unpaired) electrons. The largest absolute Gasteiger partial charge is 0.374 e. The quantitative estimate of drug-likeness (QED) is 0.814. The molecule has 1 aromatic heterocycles. The minimum Gasteiger partial charge on any atom is -0.374 e. The van der Waals surface area contributed by atoms with E-state index in [1.165, 1.54) is 16.9 Å². The Labute approximate surface area is 128 Å². The van der Waals surface area contributed by atoms with Crippen LogP contribution in [0, 0.1) is 0 Å². The van der Waals surface area contributed by atoms with E-state index in [4.69, 9.17) is 4.74 Å². The smallest absolute Gasteiger partial charge is 0.226 e. The summed E-state index contributed by atoms with van der Waals surface area (Å²) in [6.45, 7) is 3.01. The molecule has 21 heavy (non-hydrogen) atoms. The summed E-state index contributed by atoms with van der Waals surface area (Å²) >= 11 is 1.35. The molecule has 0 saturated carbocycles. The lowest BCUT2D eigenvalue weighted by atomic mass is 10.1. The summed E-state index contributed by atoms with van der Waals surface area (Å²) < 4.78 is 5.25. The first-order chi connectivity index (χ1) is 10.3. The van der Waals surface area contributed by atoms with Gasteiger partial charge in [-0.3, -0.25) is 4.79 Å². The summed E-state index contributed by atoms with van der Waals surface area (Å²) in [7, 11) is 0. The molecule has 5 nitrogen and oxygen atoms in total. The van der Waals surface area contributed by atoms with Crippen molar-refractivity contribution in [2.24, 2.45) is 0 Å². The minimum atomic E-state index is -0.0231. The van der Waals surface area contributed by atoms with Crippen molar-refractivity contribution >= 4 is 22.4 Å². The number of nitrogens with zero attached hydrogens (tertiary/aromatic N) is 2. The van der Waals surface area contributed by atoms with Gasteiger partial charge in [0.05, 0.1) is 0 Å². The van der Waals surface area contributed by atoms with E-state index in [1.54, 1.807) is 0 Å². The van der Waals surface area contributed by atoms with Gasteiger partial charge in [-0.25, -0.2) is 0 Å². The lowest BCUT2D eigenvalue weighted by Gasteiger charge is -2.02. The van der Waals surface area contributed by atoms with Crippen molar-refractivity contribution in [2.75, 3.05) is 11.9 Å². The van der Waals surface area contributed by atoms with Gasteiger partial charge in [0.15, 0.2) is 0 Å². The predicted octanol–water partition coefficient (Wildman–Crippen LogP) is 3.04. The van der Waals surface area contributed by atoms with Crippen LogP contribution in [0.15, 0.2) is 30.3 Å². The van der Waals surface area contributed by atoms with Crippen LogP contribution in [-0.2, 0) is 22.6 Å². The highest BCUT2D eigenvalue weighted by Crippen LogP contribution is 2.16. The lowest BCUT2D eigenvalue weighted by molar-refractivity contribution is -0.116. The third-order valence-electron chi connectivity index (χ3n) is 2.85. The summed E-state index contributed by atoms with van der Waals surface area (Å²) in [6.07, 6.45) is 2.20. The topological polar surface area (TPSA) is 64.1 Å². The summed E-state index contributed by atoms with van der Waals surface area (Å²) in [6, 6.07) is 10.2. The Morgan fingerprint density at radius 1 is 1.29 bits per heavy atom. The Bertz CT molecular complexity index is 557. The molecule has 0 bridgehead atoms. The number of carbonyl (C=O) groups excluding carboxylic acids is 1. The number of nitrogens with one attached hydrogen (secondary N) is 1. The highest BCUT2D eigenvalue weighted by molar-refractivity contribution is 7.15. The van der Waals surface area contributed by atoms with Crippen LogP contribution in [0.1, 0.15) is 30.3 Å². The summed E-state index contributed by atoms with van der Waals surface area (Å²) in [5.41, 5.74) is 1.25. The van der Waals surface area contributed by atoms with Gasteiger partial charge in [0.1, 0.15) is 11.6 Å². The summed E-state index contributed by atoms with van der Waals surface area (Å²) in [5, 5.41) is 12.0. The fourth-order valence-corrected chi connectivity index (χ4v) is 2.52. The van der Waals surface area contributed by atoms with Crippen LogP contribution in [0.4, 0.5) is 5.13 Å². The standard InChI is InChI=1S/C15H19N3O2S/c1-2-20-11-14-17-18-15(21-14)16-13(19)10-6-9-12-7-4-3-5-8-12/h3-5,7-8H,2,6,9-11H2,1H3,(H,16,18,19). The van der Waals surface area contributed by atoms with Gasteiger partial charge in [-0.2, -0.15) is 0 Å². The molecule has 2 rings (SSSR count). The van der Waals surface area contributed by atoms with E-state index in [9.17, 15) is 4.79 Å². The van der Waals surface area contributed by atoms with Gasteiger partial charge in [-0.05, 0) is 25.3 Å². The Balaban J connectivity index is 1.70. The minimum absolute atomic E-state index is 0.0231. The molecule has 1 aromatic carbocycles. The van der Waals surface area contributed by atoms with Crippen molar-refractivity contribution in [3.05, 3.63) is 40.9 Å². The Hall–Kier alpha value is -1.79. The zero-order valence-corrected chi connectivity index (χ0v) is 12.9. The molecule has 1 amide bonds. The van der Waals surface area contributed by atoms with Crippen LogP contribution in [0.3, 0.4) is 0 Å². The summed E-state index contributed by atoms with van der Waals surface area (Å²) in [4.78, 5) is 11.8. The van der Waals surface area contributed by atoms with E-state index in [-0.39, 0.29) is 5.91 Å². The van der Waals surface area contributed by atoms with Gasteiger partial charge in [0.25, 0.3) is 0 Å². The maximum Gasteiger partial charge on any atom is 0.226 e. The molecule has 1 N–H and O–H groups in total. The molecule has 112 valence electrons. The molecule has 0 spiro atoms. The number of benzene rings is 1. The van der Waals surface area contributed by atoms with Gasteiger partial charge < -0.3 is 10.1 Å². The molecule has 0 aliphatic carbocycles. The highest BCUT2D eigenvalue weighted by Gasteiger charge is 2.08. The maximum absolute atomic E-state index is 11.8. The van der Waals surface area contributed by atoms with Crippen molar-refractivity contribution in [1.29, 1.82) is 0 Å². The van der Waals surface area contributed by atoms with Crippen molar-refractivity contribution in [3.8, 4) is 0 Å². The lowest BCUT2D eigenvalue weighted by Crippen LogP contribution is -2.11. The number of anilines is 1. The van der Waals surface area contributed by atoms with Crippen LogP contribution < -0.4 is 5.32 Å². The van der Waals surface area contributed by atoms with Crippen LogP contribution in [0.2, 0.25) is 0 Å². The highest BCUT2D eigenvalue weighted by atomic mass is 32.1. The third kappa shape index (κ3) is 5.61. The predicted molar refractivity (Wildman–Crippen MR) is 83.2 cm³/mol. The molecule has 0 aliphatic heterocycles. The molecule has 0 aliphatic rings. The van der Waals surface area contributed by atoms with E-state index in [0.717, 1.165) is 17.8 Å². The second kappa shape index (κ2) is 8.49. The SMILES string of the molecule is CCOCc1nnc(NC(=O)CCCc2ccccc2)s1. The van der Waals surface area contributed by atoms with E-state index in [2.05, 4.69) is 27.6 Å². The second-order valence-electron chi connectivity index (χ2n) is 4.53. The zero-order valence-electron chi connectivity index (χ0n) is 12.0. The number of rotatable bonds is 8. The molecule has 0 fully saturated rings. The van der Waals surface area contributed by atoms with Crippen molar-refractivity contribution in [3.63, 3.8) is 0 Å². The average Bonchev–Trinajstić information content (AvgIpc) is 2.93. The van der Waals surface area contributed by atoms with E-state index >= 15 is 0 Å². The number of carbonyl (C=O) groups is 1. The van der Waals surface area contributed by atoms with E-state index in [0.29, 0.717) is 24.8 Å². The van der Waals surface area contributed by atoms with Gasteiger partial charge >= 0.3 is 0 Å². The Kier molecular flexibility index (Phi) is 6.30. The van der Waals surface area contributed by atoms with Crippen molar-refractivity contribution in [1.82, 2.24) is 10.2 Å². The molecule has 0 saturated heterocycles. The van der Waals surface area contributed by atoms with Crippen LogP contribution >= 0.6 is 11.3 Å². The van der Waals surface area contributed by atoms with E-state index in [1.807, 2.05) is 25.1 Å². The number of hydrogen-bond acceptors (Lipinski definition) is 5. The normalized spacial score (nSPS) is 10.5. The molecule has 0 unspecified atom stereocenters. The average molecular weight is 305 g/mol. The third-order valence-corrected chi connectivity index (χ3v) is 3.67. The molecular weight excluding hydrogens is 286 g/mol. The molecule has 0 atom stereocenters. The summed E-state index contributed by atoms with van der Waals surface area (Å²) in [5.74, 6) is -0.0231. The number of aromatic nitrogens is 2. The number of amides is 1. The zero-order chi connectivity index (χ0) is 14.9. The second-order valence-corrected chi connectivity index (χ2v) is 5.59. The molecule has 6 heteroatoms. The first-order valence-electron chi connectivity index (χ1n) is 7.02. The Morgan fingerprint density at radius 3 is 2.86 bits per heavy atom. The Morgan fingerprint density at radius 2 is 2.10 bits per heavy atom. The van der Waals surface area contributed by atoms with Gasteiger partial charge in [-0.1, -0.05) is 41.7 Å². The van der Waals surface area contributed by atoms with E-state index < -0.39 is 0 Å². The molecule has 2 aromatic rings. The number of aryl methyl sites for hydroxylation is 1. The van der Waals surface area contributed by atoms with Crippen molar-refractivity contribution < 1.29 is 9.53 Å². The first-order valence-corrected chi connectivity index (χ1v) is 7.83. The number of ether oxygens (including phenoxy) is 1. The molecular formula is C15H19N3O2S. The number of hydrogen-bond donors (Lipinski definition) is 1. The van der Waals surface area contributed by atoms with Gasteiger partial charge in [-0.15, -0.1) is 10.2 Å². The maximum atomic E-state index is 11.8. The fourth-order valence-electron chi connectivity index (χ4n) is 1.83. The van der Waals surface area contributed by atoms with Crippen LogP contribution in [-0.4, -0.2) is 22.7 Å². The first kappa shape index (κ1) is 15.6. The monoisotopic (exact) mass is 305 g/mol. The van der Waals surface area contributed by atoms with Gasteiger partial charge in [0.2, 0.25) is 11.0 Å². The fraction of sp³-hybridized carbons (Fsp3) is 0.400. The van der Waals surface area contributed by atoms with Gasteiger partial charge in [0, 0.05) is 13.0 Å². The van der Waals surface area contributed by atoms with Crippen LogP contribution in [0.5, 0.6) is 0 Å². The van der Waals surface area contributed by atoms with Crippen molar-refractivity contribution in [2.45, 2.75) is 32.8 Å².